The third-order valence-electron chi connectivity index (χ3n) is 1.66. The molecule has 0 aliphatic carbocycles. The largest absolute Gasteiger partial charge is 0.496 e. The Kier molecular flexibility index (Phi) is 1.96. The van der Waals surface area contributed by atoms with Gasteiger partial charge in [-0.1, -0.05) is 17.3 Å². The number of para-hydroxylation sites is 1. The Morgan fingerprint density at radius 3 is 2.92 bits per heavy atom. The quantitative estimate of drug-likeness (QED) is 0.694. The van der Waals surface area contributed by atoms with Gasteiger partial charge in [0.25, 0.3) is 5.89 Å². The highest BCUT2D eigenvalue weighted by molar-refractivity contribution is 5.61. The van der Waals surface area contributed by atoms with Crippen molar-refractivity contribution in [3.8, 4) is 17.2 Å². The van der Waals surface area contributed by atoms with E-state index in [-0.39, 0.29) is 0 Å². The van der Waals surface area contributed by atoms with Crippen LogP contribution >= 0.6 is 0 Å². The van der Waals surface area contributed by atoms with Crippen LogP contribution < -0.4 is 4.74 Å². The summed E-state index contributed by atoms with van der Waals surface area (Å²) in [4.78, 5) is 3.81. The zero-order valence-electron chi connectivity index (χ0n) is 7.02. The molecule has 13 heavy (non-hydrogen) atoms. The van der Waals surface area contributed by atoms with E-state index in [4.69, 9.17) is 9.26 Å². The number of rotatable bonds is 2. The van der Waals surface area contributed by atoms with Crippen LogP contribution in [0.25, 0.3) is 11.5 Å². The molecule has 0 aliphatic heterocycles. The molecule has 2 rings (SSSR count). The molecule has 1 heterocycles. The molecule has 4 nitrogen and oxygen atoms in total. The van der Waals surface area contributed by atoms with E-state index >= 15 is 0 Å². The van der Waals surface area contributed by atoms with Crippen molar-refractivity contribution in [2.45, 2.75) is 0 Å². The predicted octanol–water partition coefficient (Wildman–Crippen LogP) is 1.55. The van der Waals surface area contributed by atoms with E-state index in [0.717, 1.165) is 5.56 Å². The molecule has 1 radical (unpaired) electrons. The van der Waals surface area contributed by atoms with Crippen molar-refractivity contribution < 1.29 is 9.26 Å². The first kappa shape index (κ1) is 7.79. The second-order valence-corrected chi connectivity index (χ2v) is 2.40. The second-order valence-electron chi connectivity index (χ2n) is 2.40. The summed E-state index contributed by atoms with van der Waals surface area (Å²) >= 11 is 0. The van der Waals surface area contributed by atoms with Crippen LogP contribution in [0.5, 0.6) is 5.75 Å². The number of hydrogen-bond acceptors (Lipinski definition) is 4. The Morgan fingerprint density at radius 1 is 1.38 bits per heavy atom. The van der Waals surface area contributed by atoms with Crippen LogP contribution in [0.4, 0.5) is 0 Å². The van der Waals surface area contributed by atoms with Gasteiger partial charge in [0.15, 0.2) is 0 Å². The van der Waals surface area contributed by atoms with E-state index < -0.39 is 0 Å². The molecule has 0 atom stereocenters. The Balaban J connectivity index is 2.51. The summed E-state index contributed by atoms with van der Waals surface area (Å²) in [6.45, 7) is 0. The lowest BCUT2D eigenvalue weighted by Gasteiger charge is -2.02. The average molecular weight is 175 g/mol. The number of benzene rings is 1. The fourth-order valence-corrected chi connectivity index (χ4v) is 1.08. The number of methoxy groups -OCH3 is 1. The van der Waals surface area contributed by atoms with Gasteiger partial charge >= 0.3 is 0 Å². The van der Waals surface area contributed by atoms with Crippen molar-refractivity contribution in [2.75, 3.05) is 7.11 Å². The number of nitrogens with zero attached hydrogens (tertiary/aromatic N) is 2. The summed E-state index contributed by atoms with van der Waals surface area (Å²) in [5.41, 5.74) is 0.777. The molecule has 0 aliphatic rings. The molecule has 0 N–H and O–H groups in total. The number of aromatic nitrogens is 2. The molecule has 65 valence electrons. The topological polar surface area (TPSA) is 48.2 Å². The molecular weight excluding hydrogens is 168 g/mol. The molecule has 0 saturated heterocycles. The average Bonchev–Trinajstić information content (AvgIpc) is 2.70. The monoisotopic (exact) mass is 175 g/mol. The Morgan fingerprint density at radius 2 is 2.23 bits per heavy atom. The Bertz CT molecular complexity index is 384. The molecule has 4 heteroatoms. The smallest absolute Gasteiger partial charge is 0.262 e. The highest BCUT2D eigenvalue weighted by Gasteiger charge is 2.08. The molecule has 2 aromatic rings. The van der Waals surface area contributed by atoms with Gasteiger partial charge in [-0.3, -0.25) is 0 Å². The van der Waals surface area contributed by atoms with E-state index in [1.807, 2.05) is 24.3 Å². The van der Waals surface area contributed by atoms with Gasteiger partial charge in [0.1, 0.15) is 5.75 Å². The summed E-state index contributed by atoms with van der Waals surface area (Å²) in [5, 5.41) is 3.41. The minimum atomic E-state index is 0.414. The summed E-state index contributed by atoms with van der Waals surface area (Å²) in [5.74, 6) is 1.12. The number of hydrogen-bond donors (Lipinski definition) is 0. The van der Waals surface area contributed by atoms with Crippen molar-refractivity contribution in [3.05, 3.63) is 30.6 Å². The fourth-order valence-electron chi connectivity index (χ4n) is 1.08. The lowest BCUT2D eigenvalue weighted by atomic mass is 10.2. The fraction of sp³-hybridized carbons (Fsp3) is 0.111. The minimum Gasteiger partial charge on any atom is -0.496 e. The maximum absolute atomic E-state index is 5.13. The van der Waals surface area contributed by atoms with Gasteiger partial charge < -0.3 is 9.26 Å². The molecule has 0 amide bonds. The molecule has 0 bridgehead atoms. The van der Waals surface area contributed by atoms with Crippen LogP contribution in [0, 0.1) is 6.33 Å². The van der Waals surface area contributed by atoms with Crippen molar-refractivity contribution in [1.29, 1.82) is 0 Å². The van der Waals surface area contributed by atoms with Gasteiger partial charge in [-0.15, -0.1) is 0 Å². The molecule has 0 saturated carbocycles. The van der Waals surface area contributed by atoms with Crippen molar-refractivity contribution >= 4 is 0 Å². The Hall–Kier alpha value is -1.84. The normalized spacial score (nSPS) is 9.92. The van der Waals surface area contributed by atoms with E-state index in [9.17, 15) is 0 Å². The second kappa shape index (κ2) is 3.26. The number of ether oxygens (including phenoxy) is 1. The molecule has 1 aromatic heterocycles. The van der Waals surface area contributed by atoms with Gasteiger partial charge in [-0.05, 0) is 12.1 Å². The van der Waals surface area contributed by atoms with E-state index in [0.29, 0.717) is 11.6 Å². The zero-order chi connectivity index (χ0) is 9.10. The van der Waals surface area contributed by atoms with Crippen LogP contribution in [-0.2, 0) is 0 Å². The highest BCUT2D eigenvalue weighted by atomic mass is 16.5. The highest BCUT2D eigenvalue weighted by Crippen LogP contribution is 2.26. The van der Waals surface area contributed by atoms with Crippen LogP contribution in [0.1, 0.15) is 0 Å². The lowest BCUT2D eigenvalue weighted by Crippen LogP contribution is -1.86. The zero-order valence-corrected chi connectivity index (χ0v) is 7.02. The SMILES string of the molecule is COc1ccccc1-c1n[c]no1. The molecule has 0 fully saturated rings. The summed E-state index contributed by atoms with van der Waals surface area (Å²) < 4.78 is 9.99. The van der Waals surface area contributed by atoms with Gasteiger partial charge in [0.2, 0.25) is 6.33 Å². The van der Waals surface area contributed by atoms with Crippen LogP contribution in [-0.4, -0.2) is 17.3 Å². The molecule has 0 spiro atoms. The summed E-state index contributed by atoms with van der Waals surface area (Å²) in [6.07, 6.45) is 2.36. The summed E-state index contributed by atoms with van der Waals surface area (Å²) in [7, 11) is 1.60. The predicted molar refractivity (Wildman–Crippen MR) is 45.1 cm³/mol. The standard InChI is InChI=1S/C9H7N2O2/c1-12-8-5-3-2-4-7(8)9-10-6-11-13-9/h2-5H,1H3. The van der Waals surface area contributed by atoms with Gasteiger partial charge in [-0.25, -0.2) is 0 Å². The molecular formula is C9H7N2O2. The van der Waals surface area contributed by atoms with Crippen molar-refractivity contribution in [2.24, 2.45) is 0 Å². The Labute approximate surface area is 75.2 Å². The molecule has 0 unspecified atom stereocenters. The van der Waals surface area contributed by atoms with Gasteiger partial charge in [-0.2, -0.15) is 4.98 Å². The maximum atomic E-state index is 5.13. The maximum Gasteiger partial charge on any atom is 0.262 e. The van der Waals surface area contributed by atoms with Crippen LogP contribution in [0.3, 0.4) is 0 Å². The lowest BCUT2D eigenvalue weighted by molar-refractivity contribution is 0.404. The van der Waals surface area contributed by atoms with Gasteiger partial charge in [0.05, 0.1) is 12.7 Å². The third-order valence-corrected chi connectivity index (χ3v) is 1.66. The third kappa shape index (κ3) is 1.38. The van der Waals surface area contributed by atoms with E-state index in [1.54, 1.807) is 7.11 Å². The van der Waals surface area contributed by atoms with Gasteiger partial charge in [0, 0.05) is 0 Å². The van der Waals surface area contributed by atoms with Crippen molar-refractivity contribution in [3.63, 3.8) is 0 Å². The van der Waals surface area contributed by atoms with Crippen molar-refractivity contribution in [1.82, 2.24) is 10.1 Å². The first-order valence-electron chi connectivity index (χ1n) is 3.75. The van der Waals surface area contributed by atoms with Crippen LogP contribution in [0.15, 0.2) is 28.8 Å². The van der Waals surface area contributed by atoms with E-state index in [2.05, 4.69) is 16.5 Å². The minimum absolute atomic E-state index is 0.414. The first-order valence-corrected chi connectivity index (χ1v) is 3.75. The summed E-state index contributed by atoms with van der Waals surface area (Å²) in [6, 6.07) is 7.43. The first-order chi connectivity index (χ1) is 6.42. The van der Waals surface area contributed by atoms with E-state index in [1.165, 1.54) is 0 Å². The van der Waals surface area contributed by atoms with Crippen LogP contribution in [0.2, 0.25) is 0 Å². The molecule has 1 aromatic carbocycles.